The molecule has 0 fully saturated rings. The first-order chi connectivity index (χ1) is 9.72. The highest BCUT2D eigenvalue weighted by atomic mass is 16.5. The van der Waals surface area contributed by atoms with Crippen LogP contribution in [-0.2, 0) is 17.8 Å². The van der Waals surface area contributed by atoms with Crippen LogP contribution in [0.15, 0.2) is 30.3 Å². The Kier molecular flexibility index (Phi) is 3.64. The van der Waals surface area contributed by atoms with Gasteiger partial charge >= 0.3 is 0 Å². The minimum Gasteiger partial charge on any atom is -0.388 e. The summed E-state index contributed by atoms with van der Waals surface area (Å²) in [6.07, 6.45) is 2.63. The Bertz CT molecular complexity index is 615. The van der Waals surface area contributed by atoms with E-state index in [1.165, 1.54) is 22.6 Å². The third kappa shape index (κ3) is 2.17. The summed E-state index contributed by atoms with van der Waals surface area (Å²) >= 11 is 0. The van der Waals surface area contributed by atoms with Crippen LogP contribution >= 0.6 is 0 Å². The molecule has 3 heteroatoms. The van der Waals surface area contributed by atoms with E-state index in [1.807, 2.05) is 6.07 Å². The summed E-state index contributed by atoms with van der Waals surface area (Å²) in [5.41, 5.74) is 5.88. The summed E-state index contributed by atoms with van der Waals surface area (Å²) in [7, 11) is 1.72. The highest BCUT2D eigenvalue weighted by Gasteiger charge is 2.24. The first-order valence-electron chi connectivity index (χ1n) is 7.18. The fourth-order valence-electron chi connectivity index (χ4n) is 3.22. The zero-order chi connectivity index (χ0) is 14.1. The van der Waals surface area contributed by atoms with Crippen molar-refractivity contribution < 1.29 is 9.84 Å². The van der Waals surface area contributed by atoms with Crippen LogP contribution in [0.2, 0.25) is 0 Å². The number of aliphatic hydroxyl groups excluding tert-OH is 1. The molecule has 1 atom stereocenters. The number of aliphatic hydroxyl groups is 1. The van der Waals surface area contributed by atoms with Crippen molar-refractivity contribution >= 4 is 0 Å². The average Bonchev–Trinajstić information content (AvgIpc) is 2.78. The topological polar surface area (TPSA) is 34.4 Å². The summed E-state index contributed by atoms with van der Waals surface area (Å²) in [6, 6.07) is 10.5. The summed E-state index contributed by atoms with van der Waals surface area (Å²) in [6.45, 7) is 2.71. The molecule has 3 rings (SSSR count). The third-order valence-corrected chi connectivity index (χ3v) is 4.10. The SMILES string of the molecule is COCc1ccccc1-n1c(C)cc2c1CCCC2O. The highest BCUT2D eigenvalue weighted by molar-refractivity contribution is 5.47. The maximum Gasteiger partial charge on any atom is 0.0807 e. The van der Waals surface area contributed by atoms with Gasteiger partial charge in [0.2, 0.25) is 0 Å². The third-order valence-electron chi connectivity index (χ3n) is 4.10. The van der Waals surface area contributed by atoms with Crippen molar-refractivity contribution in [1.29, 1.82) is 0 Å². The van der Waals surface area contributed by atoms with E-state index in [2.05, 4.69) is 35.8 Å². The average molecular weight is 271 g/mol. The van der Waals surface area contributed by atoms with Gasteiger partial charge in [-0.05, 0) is 38.3 Å². The Balaban J connectivity index is 2.16. The first kappa shape index (κ1) is 13.4. The molecule has 1 aliphatic carbocycles. The molecular weight excluding hydrogens is 250 g/mol. The second-order valence-corrected chi connectivity index (χ2v) is 5.49. The Labute approximate surface area is 119 Å². The lowest BCUT2D eigenvalue weighted by Crippen LogP contribution is -2.12. The Hall–Kier alpha value is -1.58. The molecule has 20 heavy (non-hydrogen) atoms. The number of para-hydroxylation sites is 1. The van der Waals surface area contributed by atoms with Gasteiger partial charge < -0.3 is 14.4 Å². The lowest BCUT2D eigenvalue weighted by atomic mass is 9.95. The molecular formula is C17H21NO2. The van der Waals surface area contributed by atoms with E-state index in [0.717, 1.165) is 24.8 Å². The number of methoxy groups -OCH3 is 1. The number of fused-ring (bicyclic) bond motifs is 1. The monoisotopic (exact) mass is 271 g/mol. The second-order valence-electron chi connectivity index (χ2n) is 5.49. The fraction of sp³-hybridized carbons (Fsp3) is 0.412. The second kappa shape index (κ2) is 5.43. The number of rotatable bonds is 3. The van der Waals surface area contributed by atoms with Gasteiger partial charge in [-0.25, -0.2) is 0 Å². The zero-order valence-electron chi connectivity index (χ0n) is 12.1. The van der Waals surface area contributed by atoms with Crippen LogP contribution in [0.3, 0.4) is 0 Å². The van der Waals surface area contributed by atoms with Crippen LogP contribution in [-0.4, -0.2) is 16.8 Å². The molecule has 106 valence electrons. The van der Waals surface area contributed by atoms with Crippen LogP contribution < -0.4 is 0 Å². The lowest BCUT2D eigenvalue weighted by molar-refractivity contribution is 0.156. The minimum absolute atomic E-state index is 0.312. The molecule has 1 heterocycles. The minimum atomic E-state index is -0.312. The van der Waals surface area contributed by atoms with Gasteiger partial charge in [0, 0.05) is 29.6 Å². The molecule has 0 radical (unpaired) electrons. The molecule has 0 saturated heterocycles. The van der Waals surface area contributed by atoms with Crippen LogP contribution in [0.1, 0.15) is 41.5 Å². The Morgan fingerprint density at radius 1 is 1.35 bits per heavy atom. The maximum absolute atomic E-state index is 10.2. The van der Waals surface area contributed by atoms with Gasteiger partial charge in [0.05, 0.1) is 18.4 Å². The van der Waals surface area contributed by atoms with Crippen LogP contribution in [0.5, 0.6) is 0 Å². The molecule has 1 N–H and O–H groups in total. The molecule has 0 spiro atoms. The van der Waals surface area contributed by atoms with E-state index in [1.54, 1.807) is 7.11 Å². The van der Waals surface area contributed by atoms with Crippen molar-refractivity contribution in [2.75, 3.05) is 7.11 Å². The number of nitrogens with zero attached hydrogens (tertiary/aromatic N) is 1. The molecule has 2 aromatic rings. The number of hydrogen-bond acceptors (Lipinski definition) is 2. The molecule has 1 aromatic carbocycles. The molecule has 1 aliphatic rings. The summed E-state index contributed by atoms with van der Waals surface area (Å²) in [4.78, 5) is 0. The van der Waals surface area contributed by atoms with Gasteiger partial charge in [-0.15, -0.1) is 0 Å². The molecule has 1 aromatic heterocycles. The molecule has 0 saturated carbocycles. The molecule has 3 nitrogen and oxygen atoms in total. The highest BCUT2D eigenvalue weighted by Crippen LogP contribution is 2.34. The van der Waals surface area contributed by atoms with Gasteiger partial charge in [-0.2, -0.15) is 0 Å². The van der Waals surface area contributed by atoms with E-state index in [4.69, 9.17) is 4.74 Å². The van der Waals surface area contributed by atoms with Crippen LogP contribution in [0, 0.1) is 6.92 Å². The number of hydrogen-bond donors (Lipinski definition) is 1. The Morgan fingerprint density at radius 2 is 2.15 bits per heavy atom. The lowest BCUT2D eigenvalue weighted by Gasteiger charge is -2.21. The Morgan fingerprint density at radius 3 is 2.95 bits per heavy atom. The van der Waals surface area contributed by atoms with Crippen molar-refractivity contribution in [3.8, 4) is 5.69 Å². The summed E-state index contributed by atoms with van der Waals surface area (Å²) in [5.74, 6) is 0. The van der Waals surface area contributed by atoms with Crippen molar-refractivity contribution in [2.45, 2.75) is 38.9 Å². The van der Waals surface area contributed by atoms with Crippen molar-refractivity contribution in [3.05, 3.63) is 52.8 Å². The smallest absolute Gasteiger partial charge is 0.0807 e. The van der Waals surface area contributed by atoms with Gasteiger partial charge in [0.25, 0.3) is 0 Å². The standard InChI is InChI=1S/C17H21NO2/c1-12-10-14-16(8-5-9-17(14)19)18(12)15-7-4-3-6-13(15)11-20-2/h3-4,6-7,10,17,19H,5,8-9,11H2,1-2H3. The zero-order valence-corrected chi connectivity index (χ0v) is 12.1. The predicted octanol–water partition coefficient (Wildman–Crippen LogP) is 3.30. The number of benzene rings is 1. The normalized spacial score (nSPS) is 18.1. The predicted molar refractivity (Wildman–Crippen MR) is 79.1 cm³/mol. The van der Waals surface area contributed by atoms with Crippen LogP contribution in [0.4, 0.5) is 0 Å². The quantitative estimate of drug-likeness (QED) is 0.929. The molecule has 0 bridgehead atoms. The summed E-state index contributed by atoms with van der Waals surface area (Å²) < 4.78 is 7.59. The van der Waals surface area contributed by atoms with Crippen molar-refractivity contribution in [2.24, 2.45) is 0 Å². The summed E-state index contributed by atoms with van der Waals surface area (Å²) in [5, 5.41) is 10.2. The van der Waals surface area contributed by atoms with Gasteiger partial charge in [0.1, 0.15) is 0 Å². The van der Waals surface area contributed by atoms with E-state index >= 15 is 0 Å². The van der Waals surface area contributed by atoms with E-state index < -0.39 is 0 Å². The molecule has 1 unspecified atom stereocenters. The molecule has 0 amide bonds. The number of aryl methyl sites for hydroxylation is 1. The van der Waals surface area contributed by atoms with Gasteiger partial charge in [-0.3, -0.25) is 0 Å². The van der Waals surface area contributed by atoms with Crippen molar-refractivity contribution in [1.82, 2.24) is 4.57 Å². The van der Waals surface area contributed by atoms with Crippen molar-refractivity contribution in [3.63, 3.8) is 0 Å². The molecule has 0 aliphatic heterocycles. The fourth-order valence-corrected chi connectivity index (χ4v) is 3.22. The van der Waals surface area contributed by atoms with Gasteiger partial charge in [-0.1, -0.05) is 18.2 Å². The first-order valence-corrected chi connectivity index (χ1v) is 7.18. The number of ether oxygens (including phenoxy) is 1. The number of aromatic nitrogens is 1. The van der Waals surface area contributed by atoms with E-state index in [-0.39, 0.29) is 6.10 Å². The van der Waals surface area contributed by atoms with Crippen LogP contribution in [0.25, 0.3) is 5.69 Å². The van der Waals surface area contributed by atoms with E-state index in [0.29, 0.717) is 6.61 Å². The van der Waals surface area contributed by atoms with Gasteiger partial charge in [0.15, 0.2) is 0 Å². The maximum atomic E-state index is 10.2. The largest absolute Gasteiger partial charge is 0.388 e. The van der Waals surface area contributed by atoms with E-state index in [9.17, 15) is 5.11 Å².